The Kier molecular flexibility index (Phi) is 9.99. The fourth-order valence-corrected chi connectivity index (χ4v) is 7.82. The summed E-state index contributed by atoms with van der Waals surface area (Å²) in [7, 11) is 0. The van der Waals surface area contributed by atoms with E-state index < -0.39 is 59.5 Å². The molecule has 3 aliphatic rings. The van der Waals surface area contributed by atoms with Crippen molar-refractivity contribution >= 4 is 40.2 Å². The SMILES string of the molecule is C=CCCC(=O)OC[C@@H](NC(=O)[C@@H]1[C@@H]2CC[C@]3(O2)[C@H](C(=O)N(CC=C)c2ccc4ccccc4c2)N([C@H](C)CO)C(=O)[C@@H]13)c1ccccc1. The van der Waals surface area contributed by atoms with Crippen LogP contribution in [0, 0.1) is 11.8 Å². The van der Waals surface area contributed by atoms with Crippen LogP contribution in [0.3, 0.4) is 0 Å². The first-order chi connectivity index (χ1) is 23.7. The molecular weight excluding hydrogens is 622 g/mol. The van der Waals surface area contributed by atoms with Crippen LogP contribution >= 0.6 is 0 Å². The molecule has 0 unspecified atom stereocenters. The molecule has 10 heteroatoms. The monoisotopic (exact) mass is 665 g/mol. The number of hydrogen-bond donors (Lipinski definition) is 2. The van der Waals surface area contributed by atoms with Gasteiger partial charge in [0.05, 0.1) is 36.6 Å². The van der Waals surface area contributed by atoms with Gasteiger partial charge in [-0.05, 0) is 54.7 Å². The molecule has 10 nitrogen and oxygen atoms in total. The second-order valence-corrected chi connectivity index (χ2v) is 13.1. The highest BCUT2D eigenvalue weighted by Gasteiger charge is 2.75. The van der Waals surface area contributed by atoms with E-state index in [-0.39, 0.29) is 32.1 Å². The first kappa shape index (κ1) is 34.1. The van der Waals surface area contributed by atoms with E-state index in [1.54, 1.807) is 24.0 Å². The van der Waals surface area contributed by atoms with Crippen molar-refractivity contribution in [1.29, 1.82) is 0 Å². The first-order valence-electron chi connectivity index (χ1n) is 16.9. The van der Waals surface area contributed by atoms with Crippen molar-refractivity contribution in [3.8, 4) is 0 Å². The van der Waals surface area contributed by atoms with E-state index in [9.17, 15) is 24.3 Å². The fourth-order valence-electron chi connectivity index (χ4n) is 7.82. The second kappa shape index (κ2) is 14.4. The summed E-state index contributed by atoms with van der Waals surface area (Å²) in [5.41, 5.74) is 0.116. The van der Waals surface area contributed by atoms with Crippen LogP contribution in [0.4, 0.5) is 5.69 Å². The number of nitrogens with one attached hydrogen (secondary N) is 1. The third-order valence-electron chi connectivity index (χ3n) is 10.1. The van der Waals surface area contributed by atoms with Gasteiger partial charge in [0.25, 0.3) is 5.91 Å². The molecule has 7 atom stereocenters. The molecule has 3 heterocycles. The van der Waals surface area contributed by atoms with Gasteiger partial charge in [-0.2, -0.15) is 0 Å². The molecule has 3 saturated heterocycles. The zero-order valence-electron chi connectivity index (χ0n) is 27.7. The van der Waals surface area contributed by atoms with Gasteiger partial charge in [-0.25, -0.2) is 0 Å². The van der Waals surface area contributed by atoms with E-state index in [2.05, 4.69) is 18.5 Å². The number of rotatable bonds is 14. The highest BCUT2D eigenvalue weighted by Crippen LogP contribution is 2.59. The number of carbonyl (C=O) groups excluding carboxylic acids is 4. The number of nitrogens with zero attached hydrogens (tertiary/aromatic N) is 2. The highest BCUT2D eigenvalue weighted by atomic mass is 16.5. The number of aliphatic hydroxyl groups is 1. The Bertz CT molecular complexity index is 1740. The quantitative estimate of drug-likeness (QED) is 0.192. The van der Waals surface area contributed by atoms with Crippen molar-refractivity contribution in [3.63, 3.8) is 0 Å². The first-order valence-corrected chi connectivity index (χ1v) is 16.9. The molecule has 3 fully saturated rings. The van der Waals surface area contributed by atoms with E-state index in [0.29, 0.717) is 24.9 Å². The van der Waals surface area contributed by atoms with Crippen LogP contribution in [0.5, 0.6) is 0 Å². The summed E-state index contributed by atoms with van der Waals surface area (Å²) < 4.78 is 12.2. The number of ether oxygens (including phenoxy) is 2. The number of benzene rings is 3. The maximum atomic E-state index is 14.8. The summed E-state index contributed by atoms with van der Waals surface area (Å²) in [6.45, 7) is 8.94. The molecule has 49 heavy (non-hydrogen) atoms. The predicted octanol–water partition coefficient (Wildman–Crippen LogP) is 4.48. The predicted molar refractivity (Wildman–Crippen MR) is 185 cm³/mol. The number of fused-ring (bicyclic) bond motifs is 2. The van der Waals surface area contributed by atoms with E-state index in [1.165, 1.54) is 4.90 Å². The minimum atomic E-state index is -1.26. The van der Waals surface area contributed by atoms with Gasteiger partial charge in [0.15, 0.2) is 0 Å². The normalized spacial score (nSPS) is 25.0. The van der Waals surface area contributed by atoms with Crippen LogP contribution in [0.1, 0.15) is 44.2 Å². The minimum absolute atomic E-state index is 0.0925. The Morgan fingerprint density at radius 1 is 1.08 bits per heavy atom. The lowest BCUT2D eigenvalue weighted by Crippen LogP contribution is -2.58. The summed E-state index contributed by atoms with van der Waals surface area (Å²) in [6, 6.07) is 20.3. The number of anilines is 1. The van der Waals surface area contributed by atoms with Gasteiger partial charge < -0.3 is 29.7 Å². The molecule has 0 radical (unpaired) electrons. The van der Waals surface area contributed by atoms with Gasteiger partial charge in [0.1, 0.15) is 18.2 Å². The molecule has 256 valence electrons. The van der Waals surface area contributed by atoms with Crippen LogP contribution in [0.25, 0.3) is 10.8 Å². The largest absolute Gasteiger partial charge is 0.463 e. The van der Waals surface area contributed by atoms with Crippen LogP contribution in [0.2, 0.25) is 0 Å². The van der Waals surface area contributed by atoms with Gasteiger partial charge in [0.2, 0.25) is 11.8 Å². The summed E-state index contributed by atoms with van der Waals surface area (Å²) in [6.07, 6.45) is 4.22. The molecule has 3 aromatic rings. The van der Waals surface area contributed by atoms with Crippen molar-refractivity contribution < 1.29 is 33.8 Å². The average molecular weight is 666 g/mol. The number of esters is 1. The molecule has 3 aromatic carbocycles. The Balaban J connectivity index is 1.32. The van der Waals surface area contributed by atoms with Gasteiger partial charge in [-0.15, -0.1) is 13.2 Å². The molecule has 6 rings (SSSR count). The van der Waals surface area contributed by atoms with Crippen molar-refractivity contribution in [3.05, 3.63) is 104 Å². The lowest BCUT2D eigenvalue weighted by atomic mass is 9.70. The van der Waals surface area contributed by atoms with Crippen molar-refractivity contribution in [2.45, 2.75) is 62.4 Å². The van der Waals surface area contributed by atoms with Gasteiger partial charge in [-0.1, -0.05) is 72.8 Å². The Morgan fingerprint density at radius 3 is 2.53 bits per heavy atom. The Hall–Kier alpha value is -4.80. The Labute approximate surface area is 286 Å². The van der Waals surface area contributed by atoms with Crippen LogP contribution in [-0.2, 0) is 28.7 Å². The summed E-state index contributed by atoms with van der Waals surface area (Å²) >= 11 is 0. The van der Waals surface area contributed by atoms with Crippen LogP contribution < -0.4 is 10.2 Å². The van der Waals surface area contributed by atoms with Crippen molar-refractivity contribution in [2.24, 2.45) is 11.8 Å². The molecule has 2 bridgehead atoms. The van der Waals surface area contributed by atoms with Crippen LogP contribution in [0.15, 0.2) is 98.1 Å². The number of carbonyl (C=O) groups is 4. The summed E-state index contributed by atoms with van der Waals surface area (Å²) in [5.74, 6) is -3.41. The van der Waals surface area contributed by atoms with Gasteiger partial charge in [0, 0.05) is 18.7 Å². The topological polar surface area (TPSA) is 125 Å². The molecule has 0 saturated carbocycles. The van der Waals surface area contributed by atoms with Crippen molar-refractivity contribution in [1.82, 2.24) is 10.2 Å². The lowest BCUT2D eigenvalue weighted by molar-refractivity contribution is -0.146. The van der Waals surface area contributed by atoms with E-state index in [0.717, 1.165) is 16.3 Å². The van der Waals surface area contributed by atoms with Crippen molar-refractivity contribution in [2.75, 3.05) is 24.7 Å². The number of aliphatic hydroxyl groups excluding tert-OH is 1. The number of allylic oxidation sites excluding steroid dienone is 1. The van der Waals surface area contributed by atoms with Gasteiger partial charge >= 0.3 is 5.97 Å². The number of amides is 3. The van der Waals surface area contributed by atoms with Gasteiger partial charge in [-0.3, -0.25) is 19.2 Å². The minimum Gasteiger partial charge on any atom is -0.463 e. The summed E-state index contributed by atoms with van der Waals surface area (Å²) in [4.78, 5) is 58.9. The smallest absolute Gasteiger partial charge is 0.306 e. The molecule has 3 amide bonds. The van der Waals surface area contributed by atoms with E-state index in [4.69, 9.17) is 9.47 Å². The molecule has 0 aromatic heterocycles. The highest BCUT2D eigenvalue weighted by molar-refractivity contribution is 6.06. The average Bonchev–Trinajstić information content (AvgIpc) is 3.78. The van der Waals surface area contributed by atoms with Crippen LogP contribution in [-0.4, -0.2) is 77.2 Å². The second-order valence-electron chi connectivity index (χ2n) is 13.1. The molecule has 2 N–H and O–H groups in total. The third kappa shape index (κ3) is 6.26. The standard InChI is InChI=1S/C39H43N3O7/c1-4-6-16-32(44)48-24-30(27-13-8-7-9-14-27)40-36(45)33-31-19-20-39(49-31)34(33)37(46)42(25(3)23-43)35(39)38(47)41(21-5-2)29-18-17-26-12-10-11-15-28(26)22-29/h4-5,7-15,17-18,22,25,30-31,33-35,43H,1-2,6,16,19-21,23-24H2,3H3,(H,40,45)/t25-,30-,31+,33-,34-,35+,39-/m1/s1. The lowest BCUT2D eigenvalue weighted by Gasteiger charge is -2.38. The molecule has 3 aliphatic heterocycles. The zero-order valence-corrected chi connectivity index (χ0v) is 27.7. The van der Waals surface area contributed by atoms with E-state index in [1.807, 2.05) is 72.8 Å². The molecule has 1 spiro atoms. The third-order valence-corrected chi connectivity index (χ3v) is 10.1. The molecule has 0 aliphatic carbocycles. The fraction of sp³-hybridized carbons (Fsp3) is 0.385. The zero-order chi connectivity index (χ0) is 34.7. The maximum Gasteiger partial charge on any atom is 0.306 e. The number of hydrogen-bond acceptors (Lipinski definition) is 7. The van der Waals surface area contributed by atoms with E-state index >= 15 is 0 Å². The number of likely N-dealkylation sites (tertiary alicyclic amines) is 1. The molecular formula is C39H43N3O7. The maximum absolute atomic E-state index is 14.8. The Morgan fingerprint density at radius 2 is 1.82 bits per heavy atom. The summed E-state index contributed by atoms with van der Waals surface area (Å²) in [5, 5.41) is 15.3.